The Kier molecular flexibility index (Phi) is 5.33. The molecule has 26 heavy (non-hydrogen) atoms. The summed E-state index contributed by atoms with van der Waals surface area (Å²) in [6, 6.07) is 9.15. The van der Waals surface area contributed by atoms with E-state index in [1.165, 1.54) is 6.26 Å². The first-order chi connectivity index (χ1) is 12.1. The van der Waals surface area contributed by atoms with Crippen molar-refractivity contribution in [1.29, 1.82) is 0 Å². The SMILES string of the molecule is Cl.Nc1nc(N2CCN(C(=O)c3ccco3)CC2)nc2ccc(Br)cc12. The fourth-order valence-electron chi connectivity index (χ4n) is 2.92. The van der Waals surface area contributed by atoms with Gasteiger partial charge in [-0.2, -0.15) is 4.98 Å². The first kappa shape index (κ1) is 18.5. The number of rotatable bonds is 2. The van der Waals surface area contributed by atoms with Crippen molar-refractivity contribution >= 4 is 56.9 Å². The molecule has 0 bridgehead atoms. The second kappa shape index (κ2) is 7.51. The van der Waals surface area contributed by atoms with Crippen LogP contribution in [0.4, 0.5) is 11.8 Å². The molecule has 3 heterocycles. The van der Waals surface area contributed by atoms with Crippen molar-refractivity contribution in [2.45, 2.75) is 0 Å². The summed E-state index contributed by atoms with van der Waals surface area (Å²) in [4.78, 5) is 25.2. The number of aromatic nitrogens is 2. The molecule has 0 radical (unpaired) electrons. The number of carbonyl (C=O) groups is 1. The van der Waals surface area contributed by atoms with Gasteiger partial charge in [0, 0.05) is 36.0 Å². The second-order valence-electron chi connectivity index (χ2n) is 5.83. The minimum absolute atomic E-state index is 0. The molecule has 1 aliphatic rings. The summed E-state index contributed by atoms with van der Waals surface area (Å²) in [6.45, 7) is 2.46. The van der Waals surface area contributed by atoms with Crippen molar-refractivity contribution in [2.24, 2.45) is 0 Å². The third-order valence-corrected chi connectivity index (χ3v) is 4.75. The summed E-state index contributed by atoms with van der Waals surface area (Å²) < 4.78 is 6.12. The van der Waals surface area contributed by atoms with E-state index in [1.807, 2.05) is 23.1 Å². The Morgan fingerprint density at radius 2 is 1.92 bits per heavy atom. The average molecular weight is 439 g/mol. The molecule has 0 unspecified atom stereocenters. The van der Waals surface area contributed by atoms with Crippen LogP contribution < -0.4 is 10.6 Å². The number of halogens is 2. The summed E-state index contributed by atoms with van der Waals surface area (Å²) in [5.74, 6) is 1.33. The lowest BCUT2D eigenvalue weighted by atomic mass is 10.2. The van der Waals surface area contributed by atoms with Crippen LogP contribution in [0.15, 0.2) is 45.5 Å². The largest absolute Gasteiger partial charge is 0.459 e. The van der Waals surface area contributed by atoms with Crippen LogP contribution in [0.2, 0.25) is 0 Å². The highest BCUT2D eigenvalue weighted by atomic mass is 79.9. The number of hydrogen-bond donors (Lipinski definition) is 1. The van der Waals surface area contributed by atoms with Gasteiger partial charge in [0.1, 0.15) is 5.82 Å². The third kappa shape index (κ3) is 3.47. The lowest BCUT2D eigenvalue weighted by Gasteiger charge is -2.34. The van der Waals surface area contributed by atoms with Crippen molar-refractivity contribution in [3.8, 4) is 0 Å². The number of furan rings is 1. The Balaban J connectivity index is 0.00000196. The molecule has 136 valence electrons. The summed E-state index contributed by atoms with van der Waals surface area (Å²) >= 11 is 3.43. The van der Waals surface area contributed by atoms with Gasteiger partial charge in [0.15, 0.2) is 5.76 Å². The minimum atomic E-state index is -0.0894. The van der Waals surface area contributed by atoms with E-state index in [2.05, 4.69) is 25.9 Å². The number of amides is 1. The predicted molar refractivity (Wildman–Crippen MR) is 106 cm³/mol. The highest BCUT2D eigenvalue weighted by molar-refractivity contribution is 9.10. The summed E-state index contributed by atoms with van der Waals surface area (Å²) in [7, 11) is 0. The van der Waals surface area contributed by atoms with Crippen molar-refractivity contribution in [2.75, 3.05) is 36.8 Å². The molecule has 3 aromatic rings. The van der Waals surface area contributed by atoms with Crippen LogP contribution in [0.5, 0.6) is 0 Å². The van der Waals surface area contributed by atoms with E-state index < -0.39 is 0 Å². The van der Waals surface area contributed by atoms with Gasteiger partial charge in [-0.05, 0) is 30.3 Å². The van der Waals surface area contributed by atoms with E-state index in [0.29, 0.717) is 43.7 Å². The zero-order valence-corrected chi connectivity index (χ0v) is 16.2. The Morgan fingerprint density at radius 3 is 2.62 bits per heavy atom. The molecule has 0 spiro atoms. The molecule has 4 rings (SSSR count). The van der Waals surface area contributed by atoms with Gasteiger partial charge in [-0.3, -0.25) is 4.79 Å². The minimum Gasteiger partial charge on any atom is -0.459 e. The number of benzene rings is 1. The van der Waals surface area contributed by atoms with Gasteiger partial charge < -0.3 is 20.0 Å². The van der Waals surface area contributed by atoms with Gasteiger partial charge in [0.05, 0.1) is 11.8 Å². The number of nitrogens with two attached hydrogens (primary N) is 1. The molecular formula is C17H17BrClN5O2. The zero-order valence-electron chi connectivity index (χ0n) is 13.8. The van der Waals surface area contributed by atoms with Crippen molar-refractivity contribution in [3.63, 3.8) is 0 Å². The highest BCUT2D eigenvalue weighted by Crippen LogP contribution is 2.25. The second-order valence-corrected chi connectivity index (χ2v) is 6.74. The fourth-order valence-corrected chi connectivity index (χ4v) is 3.28. The Bertz CT molecular complexity index is 926. The molecule has 0 aliphatic carbocycles. The molecule has 1 saturated heterocycles. The first-order valence-corrected chi connectivity index (χ1v) is 8.71. The summed E-state index contributed by atoms with van der Waals surface area (Å²) in [5.41, 5.74) is 6.90. The maximum atomic E-state index is 12.3. The molecule has 1 fully saturated rings. The van der Waals surface area contributed by atoms with Gasteiger partial charge in [0.25, 0.3) is 5.91 Å². The molecule has 1 amide bonds. The highest BCUT2D eigenvalue weighted by Gasteiger charge is 2.25. The van der Waals surface area contributed by atoms with Crippen molar-refractivity contribution in [1.82, 2.24) is 14.9 Å². The van der Waals surface area contributed by atoms with Crippen LogP contribution in [0.3, 0.4) is 0 Å². The van der Waals surface area contributed by atoms with Crippen LogP contribution in [0, 0.1) is 0 Å². The number of anilines is 2. The smallest absolute Gasteiger partial charge is 0.289 e. The molecule has 0 atom stereocenters. The van der Waals surface area contributed by atoms with E-state index in [4.69, 9.17) is 10.2 Å². The molecule has 0 saturated carbocycles. The van der Waals surface area contributed by atoms with Gasteiger partial charge in [-0.15, -0.1) is 12.4 Å². The molecule has 7 nitrogen and oxygen atoms in total. The Hall–Kier alpha value is -2.32. The molecular weight excluding hydrogens is 422 g/mol. The zero-order chi connectivity index (χ0) is 17.4. The van der Waals surface area contributed by atoms with Gasteiger partial charge in [0.2, 0.25) is 5.95 Å². The third-order valence-electron chi connectivity index (χ3n) is 4.26. The van der Waals surface area contributed by atoms with Gasteiger partial charge in [-0.1, -0.05) is 15.9 Å². The number of carbonyl (C=O) groups excluding carboxylic acids is 1. The number of nitrogens with zero attached hydrogens (tertiary/aromatic N) is 4. The fraction of sp³-hybridized carbons (Fsp3) is 0.235. The van der Waals surface area contributed by atoms with Crippen LogP contribution >= 0.6 is 28.3 Å². The van der Waals surface area contributed by atoms with Crippen LogP contribution in [0.1, 0.15) is 10.6 Å². The molecule has 1 aliphatic heterocycles. The summed E-state index contributed by atoms with van der Waals surface area (Å²) in [5, 5.41) is 0.824. The lowest BCUT2D eigenvalue weighted by molar-refractivity contribution is 0.0714. The van der Waals surface area contributed by atoms with Gasteiger partial charge >= 0.3 is 0 Å². The summed E-state index contributed by atoms with van der Waals surface area (Å²) in [6.07, 6.45) is 1.51. The molecule has 2 N–H and O–H groups in total. The van der Waals surface area contributed by atoms with E-state index in [1.54, 1.807) is 17.0 Å². The lowest BCUT2D eigenvalue weighted by Crippen LogP contribution is -2.49. The average Bonchev–Trinajstić information content (AvgIpc) is 3.16. The van der Waals surface area contributed by atoms with Gasteiger partial charge in [-0.25, -0.2) is 4.98 Å². The van der Waals surface area contributed by atoms with E-state index >= 15 is 0 Å². The first-order valence-electron chi connectivity index (χ1n) is 7.92. The number of nitrogen functional groups attached to an aromatic ring is 1. The number of hydrogen-bond acceptors (Lipinski definition) is 6. The van der Waals surface area contributed by atoms with Crippen LogP contribution in [-0.4, -0.2) is 47.0 Å². The number of fused-ring (bicyclic) bond motifs is 1. The molecule has 9 heteroatoms. The normalized spacial score (nSPS) is 14.3. The van der Waals surface area contributed by atoms with Crippen LogP contribution in [0.25, 0.3) is 10.9 Å². The Labute approximate surface area is 164 Å². The Morgan fingerprint density at radius 1 is 1.15 bits per heavy atom. The molecule has 2 aromatic heterocycles. The maximum Gasteiger partial charge on any atom is 0.289 e. The topological polar surface area (TPSA) is 88.5 Å². The van der Waals surface area contributed by atoms with Crippen molar-refractivity contribution in [3.05, 3.63) is 46.8 Å². The monoisotopic (exact) mass is 437 g/mol. The molecule has 1 aromatic carbocycles. The van der Waals surface area contributed by atoms with E-state index in [-0.39, 0.29) is 18.3 Å². The van der Waals surface area contributed by atoms with Crippen LogP contribution in [-0.2, 0) is 0 Å². The van der Waals surface area contributed by atoms with Crippen molar-refractivity contribution < 1.29 is 9.21 Å². The van der Waals surface area contributed by atoms with E-state index in [0.717, 1.165) is 15.4 Å². The van der Waals surface area contributed by atoms with E-state index in [9.17, 15) is 4.79 Å². The number of piperazine rings is 1. The maximum absolute atomic E-state index is 12.3. The standard InChI is InChI=1S/C17H16BrN5O2.ClH/c18-11-3-4-13-12(10-11)15(19)21-17(20-13)23-7-5-22(6-8-23)16(24)14-2-1-9-25-14;/h1-4,9-10H,5-8H2,(H2,19,20,21);1H. The quantitative estimate of drug-likeness (QED) is 0.662. The predicted octanol–water partition coefficient (Wildman–Crippen LogP) is 2.95.